The molecule has 0 aliphatic heterocycles. The van der Waals surface area contributed by atoms with Crippen LogP contribution in [0.1, 0.15) is 5.56 Å². The predicted octanol–water partition coefficient (Wildman–Crippen LogP) is 1.95. The van der Waals surface area contributed by atoms with E-state index in [1.54, 1.807) is 24.3 Å². The lowest BCUT2D eigenvalue weighted by atomic mass is 10.2. The summed E-state index contributed by atoms with van der Waals surface area (Å²) in [6, 6.07) is 6.81. The normalized spacial score (nSPS) is 10.8. The first-order valence-electron chi connectivity index (χ1n) is 4.22. The maximum atomic E-state index is 11.6. The van der Waals surface area contributed by atoms with E-state index < -0.39 is 8.87 Å². The molecule has 15 heavy (non-hydrogen) atoms. The molecule has 1 aromatic rings. The summed E-state index contributed by atoms with van der Waals surface area (Å²) in [5.74, 6) is 0.427. The summed E-state index contributed by atoms with van der Waals surface area (Å²) >= 11 is 0. The van der Waals surface area contributed by atoms with Gasteiger partial charge in [0.25, 0.3) is 0 Å². The van der Waals surface area contributed by atoms with E-state index in [0.717, 1.165) is 16.4 Å². The Kier molecular flexibility index (Phi) is 6.51. The van der Waals surface area contributed by atoms with Crippen LogP contribution in [-0.2, 0) is 8.87 Å². The fourth-order valence-electron chi connectivity index (χ4n) is 0.931. The highest BCUT2D eigenvalue weighted by atomic mass is 79.9. The standard InChI is InChI=1S/C9H13NO2S2.BrH/c1-8-2-4-9(5-3-8)14(11,12)13-7-6-10;/h2-5H,6-7,10H2,1H3;1H. The number of benzene rings is 1. The smallest absolute Gasteiger partial charge is 0.230 e. The minimum atomic E-state index is -3.20. The van der Waals surface area contributed by atoms with Crippen molar-refractivity contribution in [3.05, 3.63) is 29.8 Å². The van der Waals surface area contributed by atoms with Crippen LogP contribution < -0.4 is 5.73 Å². The third-order valence-electron chi connectivity index (χ3n) is 1.67. The van der Waals surface area contributed by atoms with Crippen LogP contribution in [0.3, 0.4) is 0 Å². The Bertz CT molecular complexity index is 389. The average Bonchev–Trinajstić information content (AvgIpc) is 2.16. The molecule has 0 amide bonds. The number of halogens is 1. The summed E-state index contributed by atoms with van der Waals surface area (Å²) in [6.07, 6.45) is 0. The van der Waals surface area contributed by atoms with E-state index in [-0.39, 0.29) is 17.0 Å². The Balaban J connectivity index is 0.00000196. The van der Waals surface area contributed by atoms with Gasteiger partial charge in [0, 0.05) is 12.3 Å². The van der Waals surface area contributed by atoms with E-state index in [2.05, 4.69) is 0 Å². The number of aryl methyl sites for hydroxylation is 1. The van der Waals surface area contributed by atoms with Crippen LogP contribution in [-0.4, -0.2) is 20.7 Å². The van der Waals surface area contributed by atoms with Gasteiger partial charge in [0.05, 0.1) is 4.90 Å². The fourth-order valence-corrected chi connectivity index (χ4v) is 3.54. The lowest BCUT2D eigenvalue weighted by molar-refractivity contribution is 0.610. The van der Waals surface area contributed by atoms with Crippen molar-refractivity contribution in [3.63, 3.8) is 0 Å². The molecule has 0 bridgehead atoms. The molecule has 0 radical (unpaired) electrons. The molecule has 6 heteroatoms. The Morgan fingerprint density at radius 1 is 1.27 bits per heavy atom. The Hall–Kier alpha value is -0.0400. The molecule has 0 atom stereocenters. The summed E-state index contributed by atoms with van der Waals surface area (Å²) in [6.45, 7) is 2.29. The molecule has 0 spiro atoms. The van der Waals surface area contributed by atoms with Gasteiger partial charge in [-0.2, -0.15) is 0 Å². The molecule has 0 aliphatic carbocycles. The molecule has 0 aliphatic rings. The van der Waals surface area contributed by atoms with Crippen LogP contribution in [0.5, 0.6) is 0 Å². The largest absolute Gasteiger partial charge is 0.330 e. The monoisotopic (exact) mass is 311 g/mol. The summed E-state index contributed by atoms with van der Waals surface area (Å²) in [4.78, 5) is 0.349. The van der Waals surface area contributed by atoms with Crippen molar-refractivity contribution in [2.24, 2.45) is 5.73 Å². The van der Waals surface area contributed by atoms with Crippen molar-refractivity contribution in [2.75, 3.05) is 12.3 Å². The van der Waals surface area contributed by atoms with E-state index in [0.29, 0.717) is 17.2 Å². The van der Waals surface area contributed by atoms with Crippen molar-refractivity contribution < 1.29 is 8.42 Å². The van der Waals surface area contributed by atoms with Crippen LogP contribution in [0, 0.1) is 6.92 Å². The second kappa shape index (κ2) is 6.52. The van der Waals surface area contributed by atoms with Crippen LogP contribution in [0.15, 0.2) is 29.2 Å². The lowest BCUT2D eigenvalue weighted by Gasteiger charge is -2.02. The van der Waals surface area contributed by atoms with E-state index in [1.807, 2.05) is 6.92 Å². The van der Waals surface area contributed by atoms with Gasteiger partial charge in [0.15, 0.2) is 0 Å². The Morgan fingerprint density at radius 2 is 1.80 bits per heavy atom. The first-order chi connectivity index (χ1) is 6.56. The molecule has 0 unspecified atom stereocenters. The molecule has 0 heterocycles. The van der Waals surface area contributed by atoms with Gasteiger partial charge in [-0.15, -0.1) is 17.0 Å². The van der Waals surface area contributed by atoms with Crippen molar-refractivity contribution in [3.8, 4) is 0 Å². The van der Waals surface area contributed by atoms with Gasteiger partial charge < -0.3 is 5.73 Å². The van der Waals surface area contributed by atoms with Gasteiger partial charge in [0.2, 0.25) is 8.87 Å². The predicted molar refractivity (Wildman–Crippen MR) is 70.2 cm³/mol. The van der Waals surface area contributed by atoms with Crippen molar-refractivity contribution in [2.45, 2.75) is 11.8 Å². The van der Waals surface area contributed by atoms with Crippen LogP contribution in [0.2, 0.25) is 0 Å². The zero-order valence-electron chi connectivity index (χ0n) is 8.34. The van der Waals surface area contributed by atoms with E-state index in [4.69, 9.17) is 5.73 Å². The Morgan fingerprint density at radius 3 is 2.27 bits per heavy atom. The van der Waals surface area contributed by atoms with E-state index >= 15 is 0 Å². The molecular weight excluding hydrogens is 298 g/mol. The van der Waals surface area contributed by atoms with E-state index in [1.165, 1.54) is 0 Å². The second-order valence-corrected chi connectivity index (χ2v) is 6.93. The highest BCUT2D eigenvalue weighted by molar-refractivity contribution is 8.93. The zero-order valence-corrected chi connectivity index (χ0v) is 11.7. The molecule has 3 nitrogen and oxygen atoms in total. The third-order valence-corrected chi connectivity index (χ3v) is 5.24. The lowest BCUT2D eigenvalue weighted by Crippen LogP contribution is -2.05. The van der Waals surface area contributed by atoms with Crippen molar-refractivity contribution in [1.82, 2.24) is 0 Å². The highest BCUT2D eigenvalue weighted by Gasteiger charge is 2.13. The van der Waals surface area contributed by atoms with Crippen molar-refractivity contribution in [1.29, 1.82) is 0 Å². The van der Waals surface area contributed by atoms with Gasteiger partial charge in [-0.05, 0) is 29.9 Å². The van der Waals surface area contributed by atoms with Crippen LogP contribution >= 0.6 is 27.8 Å². The minimum Gasteiger partial charge on any atom is -0.330 e. The highest BCUT2D eigenvalue weighted by Crippen LogP contribution is 2.22. The summed E-state index contributed by atoms with van der Waals surface area (Å²) < 4.78 is 23.2. The summed E-state index contributed by atoms with van der Waals surface area (Å²) in [5, 5.41) is 0. The van der Waals surface area contributed by atoms with Gasteiger partial charge in [-0.3, -0.25) is 0 Å². The minimum absolute atomic E-state index is 0. The zero-order chi connectivity index (χ0) is 10.6. The number of nitrogens with two attached hydrogens (primary N) is 1. The molecule has 1 rings (SSSR count). The van der Waals surface area contributed by atoms with Crippen molar-refractivity contribution >= 4 is 36.6 Å². The number of hydrogen-bond donors (Lipinski definition) is 1. The summed E-state index contributed by atoms with van der Waals surface area (Å²) in [5.41, 5.74) is 6.30. The first kappa shape index (κ1) is 15.0. The van der Waals surface area contributed by atoms with Crippen LogP contribution in [0.25, 0.3) is 0 Å². The molecule has 0 saturated carbocycles. The molecule has 0 aromatic heterocycles. The SMILES string of the molecule is Br.Cc1ccc(S(=O)(=O)SCCN)cc1. The summed E-state index contributed by atoms with van der Waals surface area (Å²) in [7, 11) is -2.32. The third kappa shape index (κ3) is 4.55. The number of hydrogen-bond acceptors (Lipinski definition) is 4. The molecule has 86 valence electrons. The van der Waals surface area contributed by atoms with Gasteiger partial charge in [0.1, 0.15) is 0 Å². The Labute approximate surface area is 105 Å². The molecule has 2 N–H and O–H groups in total. The fraction of sp³-hybridized carbons (Fsp3) is 0.333. The average molecular weight is 312 g/mol. The maximum Gasteiger partial charge on any atom is 0.230 e. The maximum absolute atomic E-state index is 11.6. The quantitative estimate of drug-likeness (QED) is 0.863. The molecular formula is C9H14BrNO2S2. The molecule has 0 fully saturated rings. The second-order valence-electron chi connectivity index (χ2n) is 2.88. The number of rotatable bonds is 4. The molecule has 1 aromatic carbocycles. The first-order valence-corrected chi connectivity index (χ1v) is 7.21. The van der Waals surface area contributed by atoms with Gasteiger partial charge >= 0.3 is 0 Å². The van der Waals surface area contributed by atoms with E-state index in [9.17, 15) is 8.42 Å². The molecule has 0 saturated heterocycles. The topological polar surface area (TPSA) is 60.2 Å². The van der Waals surface area contributed by atoms with Crippen LogP contribution in [0.4, 0.5) is 0 Å². The van der Waals surface area contributed by atoms with Gasteiger partial charge in [-0.1, -0.05) is 17.7 Å². The van der Waals surface area contributed by atoms with Gasteiger partial charge in [-0.25, -0.2) is 8.42 Å².